The molecule has 0 spiro atoms. The third kappa shape index (κ3) is 8.51. The van der Waals surface area contributed by atoms with Crippen molar-refractivity contribution in [3.05, 3.63) is 89.3 Å². The van der Waals surface area contributed by atoms with Crippen molar-refractivity contribution in [2.75, 3.05) is 0 Å². The molecule has 1 aromatic heterocycles. The fourth-order valence-electron chi connectivity index (χ4n) is 5.18. The molecule has 0 aliphatic heterocycles. The Morgan fingerprint density at radius 2 is 1.50 bits per heavy atom. The van der Waals surface area contributed by atoms with Gasteiger partial charge in [-0.25, -0.2) is 0 Å². The molecular formula is C35H39F3IrNO2-. The van der Waals surface area contributed by atoms with Gasteiger partial charge >= 0.3 is 6.18 Å². The Labute approximate surface area is 260 Å². The van der Waals surface area contributed by atoms with Crippen LogP contribution in [0.4, 0.5) is 13.2 Å². The van der Waals surface area contributed by atoms with Crippen LogP contribution in [0.3, 0.4) is 0 Å². The molecule has 1 N–H and O–H groups in total. The van der Waals surface area contributed by atoms with E-state index in [1.807, 2.05) is 65.8 Å². The van der Waals surface area contributed by atoms with Gasteiger partial charge in [-0.15, -0.1) is 34.9 Å². The molecule has 3 nitrogen and oxygen atoms in total. The zero-order valence-corrected chi connectivity index (χ0v) is 27.4. The smallest absolute Gasteiger partial charge is 0.416 e. The van der Waals surface area contributed by atoms with Crippen LogP contribution in [-0.4, -0.2) is 15.9 Å². The number of rotatable bonds is 8. The molecule has 1 radical (unpaired) electrons. The van der Waals surface area contributed by atoms with Crippen LogP contribution in [0.1, 0.15) is 70.1 Å². The molecule has 0 fully saturated rings. The van der Waals surface area contributed by atoms with Crippen LogP contribution in [0.15, 0.2) is 66.6 Å². The molecule has 1 heterocycles. The molecule has 0 aliphatic rings. The molecule has 0 bridgehead atoms. The molecule has 0 saturated heterocycles. The Balaban J connectivity index is 0.000000334. The van der Waals surface area contributed by atoms with Gasteiger partial charge in [0.25, 0.3) is 0 Å². The molecule has 4 rings (SSSR count). The first-order chi connectivity index (χ1) is 19.4. The van der Waals surface area contributed by atoms with E-state index in [0.29, 0.717) is 5.39 Å². The zero-order chi connectivity index (χ0) is 30.3. The fraction of sp³-hybridized carbons (Fsp3) is 0.371. The SMILES string of the molecule is CCC(CC)C(=O)/C=C(\O)C(CC)CC.Cc1[c-]c(-c2nccc3c2ccc2ccc(C(F)(F)F)cc23)cc(C)c1.[Ir]. The van der Waals surface area contributed by atoms with Gasteiger partial charge < -0.3 is 10.1 Å². The van der Waals surface area contributed by atoms with Crippen molar-refractivity contribution >= 4 is 27.3 Å². The topological polar surface area (TPSA) is 50.2 Å². The van der Waals surface area contributed by atoms with Crippen molar-refractivity contribution in [2.45, 2.75) is 73.4 Å². The summed E-state index contributed by atoms with van der Waals surface area (Å²) < 4.78 is 39.4. The molecule has 0 aliphatic carbocycles. The summed E-state index contributed by atoms with van der Waals surface area (Å²) in [6.45, 7) is 12.0. The number of allylic oxidation sites excluding steroid dienone is 2. The molecule has 0 amide bonds. The summed E-state index contributed by atoms with van der Waals surface area (Å²) in [5, 5.41) is 12.7. The number of aromatic nitrogens is 1. The number of hydrogen-bond donors (Lipinski definition) is 1. The number of hydrogen-bond acceptors (Lipinski definition) is 3. The Morgan fingerprint density at radius 3 is 2.07 bits per heavy atom. The summed E-state index contributed by atoms with van der Waals surface area (Å²) >= 11 is 0. The molecule has 7 heteroatoms. The van der Waals surface area contributed by atoms with Crippen LogP contribution in [0.5, 0.6) is 0 Å². The van der Waals surface area contributed by atoms with Crippen LogP contribution >= 0.6 is 0 Å². The number of benzene rings is 3. The summed E-state index contributed by atoms with van der Waals surface area (Å²) in [5.41, 5.74) is 3.02. The van der Waals surface area contributed by atoms with Gasteiger partial charge in [0, 0.05) is 44.2 Å². The number of ketones is 1. The third-order valence-electron chi connectivity index (χ3n) is 7.58. The van der Waals surface area contributed by atoms with Gasteiger partial charge in [0.15, 0.2) is 5.78 Å². The van der Waals surface area contributed by atoms with Gasteiger partial charge in [-0.1, -0.05) is 59.7 Å². The van der Waals surface area contributed by atoms with Gasteiger partial charge in [-0.05, 0) is 71.1 Å². The standard InChI is InChI=1S/C22H15F3N.C13H24O2.Ir/c1-13-9-14(2)11-16(10-13)21-19-6-4-15-3-5-17(22(23,24)25)12-20(15)18(19)7-8-26-21;1-5-10(6-2)12(14)9-13(15)11(7-3)8-4;/h3-10,12H,1-2H3;9-11,14H,5-8H2,1-4H3;/q-1;;/b;12-9-;. The summed E-state index contributed by atoms with van der Waals surface area (Å²) in [7, 11) is 0. The van der Waals surface area contributed by atoms with Crippen LogP contribution in [0.25, 0.3) is 32.8 Å². The second-order valence-electron chi connectivity index (χ2n) is 10.5. The van der Waals surface area contributed by atoms with Gasteiger partial charge in [0.2, 0.25) is 0 Å². The van der Waals surface area contributed by atoms with E-state index >= 15 is 0 Å². The van der Waals surface area contributed by atoms with Gasteiger partial charge in [-0.3, -0.25) is 4.79 Å². The van der Waals surface area contributed by atoms with Gasteiger partial charge in [-0.2, -0.15) is 13.2 Å². The molecule has 3 aromatic carbocycles. The van der Waals surface area contributed by atoms with E-state index in [1.54, 1.807) is 12.3 Å². The Morgan fingerprint density at radius 1 is 0.881 bits per heavy atom. The Hall–Kier alpha value is -3.02. The predicted molar refractivity (Wildman–Crippen MR) is 162 cm³/mol. The number of nitrogens with zero attached hydrogens (tertiary/aromatic N) is 1. The quantitative estimate of drug-likeness (QED) is 0.0844. The third-order valence-corrected chi connectivity index (χ3v) is 7.58. The number of pyridine rings is 1. The maximum absolute atomic E-state index is 13.1. The number of aryl methyl sites for hydroxylation is 2. The van der Waals surface area contributed by atoms with Crippen molar-refractivity contribution in [3.8, 4) is 11.3 Å². The van der Waals surface area contributed by atoms with Crippen molar-refractivity contribution < 1.29 is 43.2 Å². The second kappa shape index (κ2) is 15.4. The van der Waals surface area contributed by atoms with Gasteiger partial charge in [0.05, 0.1) is 11.3 Å². The van der Waals surface area contributed by atoms with Crippen molar-refractivity contribution in [1.29, 1.82) is 0 Å². The van der Waals surface area contributed by atoms with E-state index in [9.17, 15) is 23.1 Å². The van der Waals surface area contributed by atoms with Crippen LogP contribution < -0.4 is 0 Å². The summed E-state index contributed by atoms with van der Waals surface area (Å²) in [6.07, 6.45) is 2.18. The average molecular weight is 755 g/mol. The van der Waals surface area contributed by atoms with E-state index in [4.69, 9.17) is 0 Å². The van der Waals surface area contributed by atoms with E-state index in [1.165, 1.54) is 18.2 Å². The first-order valence-electron chi connectivity index (χ1n) is 14.3. The molecule has 42 heavy (non-hydrogen) atoms. The zero-order valence-electron chi connectivity index (χ0n) is 25.0. The van der Waals surface area contributed by atoms with Gasteiger partial charge in [0.1, 0.15) is 0 Å². The van der Waals surface area contributed by atoms with Crippen molar-refractivity contribution in [3.63, 3.8) is 0 Å². The van der Waals surface area contributed by atoms with E-state index in [-0.39, 0.29) is 43.5 Å². The Kier molecular flexibility index (Phi) is 12.9. The number of alkyl halides is 3. The minimum atomic E-state index is -4.37. The van der Waals surface area contributed by atoms with E-state index in [2.05, 4.69) is 11.1 Å². The van der Waals surface area contributed by atoms with E-state index < -0.39 is 11.7 Å². The Bertz CT molecular complexity index is 1520. The number of halogens is 3. The number of carbonyl (C=O) groups is 1. The molecular weight excluding hydrogens is 716 g/mol. The first kappa shape index (κ1) is 35.2. The van der Waals surface area contributed by atoms with Crippen LogP contribution in [0, 0.1) is 31.7 Å². The summed E-state index contributed by atoms with van der Waals surface area (Å²) in [4.78, 5) is 16.2. The monoisotopic (exact) mass is 755 g/mol. The normalized spacial score (nSPS) is 11.9. The van der Waals surface area contributed by atoms with Crippen molar-refractivity contribution in [1.82, 2.24) is 4.98 Å². The fourth-order valence-corrected chi connectivity index (χ4v) is 5.18. The van der Waals surface area contributed by atoms with Crippen LogP contribution in [-0.2, 0) is 31.1 Å². The summed E-state index contributed by atoms with van der Waals surface area (Å²) in [5.74, 6) is 0.547. The molecule has 4 aromatic rings. The molecule has 0 atom stereocenters. The molecule has 0 saturated carbocycles. The number of aliphatic hydroxyl groups is 1. The van der Waals surface area contributed by atoms with Crippen molar-refractivity contribution in [2.24, 2.45) is 11.8 Å². The molecule has 0 unspecified atom stereocenters. The average Bonchev–Trinajstić information content (AvgIpc) is 2.93. The first-order valence-corrected chi connectivity index (χ1v) is 14.3. The maximum Gasteiger partial charge on any atom is 0.416 e. The maximum atomic E-state index is 13.1. The van der Waals surface area contributed by atoms with E-state index in [0.717, 1.165) is 70.3 Å². The van der Waals surface area contributed by atoms with Crippen LogP contribution in [0.2, 0.25) is 0 Å². The largest absolute Gasteiger partial charge is 0.512 e. The predicted octanol–water partition coefficient (Wildman–Crippen LogP) is 10.4. The number of carbonyl (C=O) groups excluding carboxylic acids is 1. The number of aliphatic hydroxyl groups excluding tert-OH is 1. The minimum absolute atomic E-state index is 0. The molecule has 227 valence electrons. The summed E-state index contributed by atoms with van der Waals surface area (Å²) in [6, 6.07) is 16.7. The second-order valence-corrected chi connectivity index (χ2v) is 10.5. The minimum Gasteiger partial charge on any atom is -0.512 e. The number of fused-ring (bicyclic) bond motifs is 3.